The van der Waals surface area contributed by atoms with Gasteiger partial charge in [0.25, 0.3) is 5.91 Å². The number of halogens is 5. The van der Waals surface area contributed by atoms with Crippen LogP contribution in [0, 0.1) is 0 Å². The van der Waals surface area contributed by atoms with Gasteiger partial charge in [0.2, 0.25) is 3.79 Å². The molecule has 0 saturated heterocycles. The lowest BCUT2D eigenvalue weighted by atomic mass is 10.2. The quantitative estimate of drug-likeness (QED) is 0.832. The summed E-state index contributed by atoms with van der Waals surface area (Å²) in [4.78, 5) is 11.7. The predicted molar refractivity (Wildman–Crippen MR) is 73.5 cm³/mol. The summed E-state index contributed by atoms with van der Waals surface area (Å²) in [5.74, 6) is -0.342. The second-order valence-electron chi connectivity index (χ2n) is 3.25. The van der Waals surface area contributed by atoms with Crippen LogP contribution in [0.3, 0.4) is 0 Å². The van der Waals surface area contributed by atoms with E-state index in [1.165, 1.54) is 0 Å². The molecule has 1 aromatic carbocycles. The number of benzene rings is 1. The average molecular weight is 335 g/mol. The van der Waals surface area contributed by atoms with Gasteiger partial charge in [0.15, 0.2) is 4.33 Å². The molecule has 0 radical (unpaired) electrons. The van der Waals surface area contributed by atoms with Crippen molar-refractivity contribution in [3.05, 3.63) is 35.9 Å². The summed E-state index contributed by atoms with van der Waals surface area (Å²) in [6.07, 6.45) is 0. The largest absolute Gasteiger partial charge is 0.349 e. The van der Waals surface area contributed by atoms with Crippen molar-refractivity contribution < 1.29 is 4.79 Å². The summed E-state index contributed by atoms with van der Waals surface area (Å²) in [5, 5.41) is 2.49. The minimum absolute atomic E-state index is 0.180. The van der Waals surface area contributed by atoms with Gasteiger partial charge in [0.05, 0.1) is 6.54 Å². The fourth-order valence-electron chi connectivity index (χ4n) is 0.983. The maximum Gasteiger partial charge on any atom is 0.251 e. The topological polar surface area (TPSA) is 29.1 Å². The Bertz CT molecular complexity index is 387. The van der Waals surface area contributed by atoms with Crippen molar-refractivity contribution in [2.45, 2.75) is 8.13 Å². The molecule has 1 rings (SSSR count). The van der Waals surface area contributed by atoms with Crippen LogP contribution in [0.5, 0.6) is 0 Å². The van der Waals surface area contributed by atoms with E-state index in [-0.39, 0.29) is 12.5 Å². The molecule has 94 valence electrons. The van der Waals surface area contributed by atoms with Gasteiger partial charge in [0, 0.05) is 5.56 Å². The molecule has 0 spiro atoms. The Kier molecular flexibility index (Phi) is 5.23. The predicted octanol–water partition coefficient (Wildman–Crippen LogP) is 3.96. The first-order chi connectivity index (χ1) is 7.74. The van der Waals surface area contributed by atoms with Gasteiger partial charge in [-0.25, -0.2) is 0 Å². The van der Waals surface area contributed by atoms with Crippen LogP contribution in [0.15, 0.2) is 30.3 Å². The molecule has 1 amide bonds. The van der Waals surface area contributed by atoms with Crippen LogP contribution in [0.1, 0.15) is 10.4 Å². The zero-order valence-electron chi connectivity index (χ0n) is 8.39. The third-order valence-corrected chi connectivity index (χ3v) is 4.30. The lowest BCUT2D eigenvalue weighted by molar-refractivity contribution is 0.0952. The molecule has 0 aliphatic carbocycles. The molecule has 0 saturated carbocycles. The first-order valence-electron chi connectivity index (χ1n) is 4.52. The van der Waals surface area contributed by atoms with Crippen molar-refractivity contribution in [3.63, 3.8) is 0 Å². The maximum atomic E-state index is 11.7. The van der Waals surface area contributed by atoms with E-state index in [0.29, 0.717) is 5.56 Å². The van der Waals surface area contributed by atoms with Crippen LogP contribution in [-0.2, 0) is 0 Å². The molecule has 2 nitrogen and oxygen atoms in total. The molecule has 0 aromatic heterocycles. The molecule has 1 aromatic rings. The second kappa shape index (κ2) is 5.85. The minimum atomic E-state index is -1.89. The number of hydrogen-bond acceptors (Lipinski definition) is 1. The van der Waals surface area contributed by atoms with Gasteiger partial charge in [-0.15, -0.1) is 0 Å². The number of carbonyl (C=O) groups excluding carboxylic acids is 1. The Morgan fingerprint density at radius 1 is 1.06 bits per heavy atom. The summed E-state index contributed by atoms with van der Waals surface area (Å²) in [5.41, 5.74) is 0.473. The summed E-state index contributed by atoms with van der Waals surface area (Å²) in [7, 11) is 0. The number of carbonyl (C=O) groups is 1. The molecular formula is C10H8Cl5NO. The van der Waals surface area contributed by atoms with E-state index >= 15 is 0 Å². The molecule has 0 unspecified atom stereocenters. The lowest BCUT2D eigenvalue weighted by Crippen LogP contribution is -2.43. The van der Waals surface area contributed by atoms with Crippen LogP contribution in [-0.4, -0.2) is 20.6 Å². The standard InChI is InChI=1S/C10H8Cl5NO/c11-9(12,10(13,14)15)6-16-8(17)7-4-2-1-3-5-7/h1-5H,6H2,(H,16,17). The second-order valence-corrected chi connectivity index (χ2v) is 7.02. The van der Waals surface area contributed by atoms with Crippen molar-refractivity contribution in [1.82, 2.24) is 5.32 Å². The minimum Gasteiger partial charge on any atom is -0.349 e. The normalized spacial score (nSPS) is 12.3. The number of alkyl halides is 5. The summed E-state index contributed by atoms with van der Waals surface area (Å²) in [6.45, 7) is -0.180. The Labute approximate surface area is 124 Å². The highest BCUT2D eigenvalue weighted by Crippen LogP contribution is 2.45. The van der Waals surface area contributed by atoms with E-state index in [0.717, 1.165) is 0 Å². The first kappa shape index (κ1) is 15.2. The van der Waals surface area contributed by atoms with E-state index < -0.39 is 8.13 Å². The molecule has 0 fully saturated rings. The molecule has 0 aliphatic heterocycles. The van der Waals surface area contributed by atoms with E-state index in [9.17, 15) is 4.79 Å². The van der Waals surface area contributed by atoms with E-state index in [4.69, 9.17) is 58.0 Å². The monoisotopic (exact) mass is 333 g/mol. The van der Waals surface area contributed by atoms with Gasteiger partial charge < -0.3 is 5.32 Å². The molecule has 0 aliphatic rings. The Balaban J connectivity index is 2.61. The van der Waals surface area contributed by atoms with Crippen LogP contribution >= 0.6 is 58.0 Å². The highest BCUT2D eigenvalue weighted by Gasteiger charge is 2.45. The molecule has 0 atom stereocenters. The van der Waals surface area contributed by atoms with Crippen molar-refractivity contribution in [1.29, 1.82) is 0 Å². The van der Waals surface area contributed by atoms with Crippen molar-refractivity contribution in [2.75, 3.05) is 6.54 Å². The fraction of sp³-hybridized carbons (Fsp3) is 0.300. The van der Waals surface area contributed by atoms with Crippen molar-refractivity contribution >= 4 is 63.9 Å². The molecular weight excluding hydrogens is 327 g/mol. The van der Waals surface area contributed by atoms with E-state index in [2.05, 4.69) is 5.32 Å². The highest BCUT2D eigenvalue weighted by molar-refractivity contribution is 6.75. The highest BCUT2D eigenvalue weighted by atomic mass is 35.6. The lowest BCUT2D eigenvalue weighted by Gasteiger charge is -2.27. The SMILES string of the molecule is O=C(NCC(Cl)(Cl)C(Cl)(Cl)Cl)c1ccccc1. The van der Waals surface area contributed by atoms with Crippen molar-refractivity contribution in [3.8, 4) is 0 Å². The van der Waals surface area contributed by atoms with Gasteiger partial charge in [-0.2, -0.15) is 0 Å². The molecule has 7 heteroatoms. The number of rotatable bonds is 3. The van der Waals surface area contributed by atoms with Gasteiger partial charge in [-0.1, -0.05) is 76.2 Å². The van der Waals surface area contributed by atoms with Gasteiger partial charge in [0.1, 0.15) is 0 Å². The fourth-order valence-corrected chi connectivity index (χ4v) is 1.32. The van der Waals surface area contributed by atoms with Gasteiger partial charge in [-0.3, -0.25) is 4.79 Å². The van der Waals surface area contributed by atoms with Crippen LogP contribution < -0.4 is 5.32 Å². The third-order valence-electron chi connectivity index (χ3n) is 1.92. The first-order valence-corrected chi connectivity index (χ1v) is 6.41. The smallest absolute Gasteiger partial charge is 0.251 e. The maximum absolute atomic E-state index is 11.7. The zero-order chi connectivity index (χ0) is 13.1. The average Bonchev–Trinajstić information content (AvgIpc) is 2.25. The van der Waals surface area contributed by atoms with Gasteiger partial charge in [-0.05, 0) is 12.1 Å². The summed E-state index contributed by atoms with van der Waals surface area (Å²) < 4.78 is -3.58. The third kappa shape index (κ3) is 4.38. The Hall–Kier alpha value is 0.140. The van der Waals surface area contributed by atoms with E-state index in [1.807, 2.05) is 0 Å². The van der Waals surface area contributed by atoms with Gasteiger partial charge >= 0.3 is 0 Å². The molecule has 1 N–H and O–H groups in total. The van der Waals surface area contributed by atoms with Crippen molar-refractivity contribution in [2.24, 2.45) is 0 Å². The molecule has 0 heterocycles. The molecule has 0 bridgehead atoms. The summed E-state index contributed by atoms with van der Waals surface area (Å²) in [6, 6.07) is 8.56. The van der Waals surface area contributed by atoms with Crippen LogP contribution in [0.4, 0.5) is 0 Å². The number of hydrogen-bond donors (Lipinski definition) is 1. The summed E-state index contributed by atoms with van der Waals surface area (Å²) >= 11 is 28.3. The Morgan fingerprint density at radius 3 is 2.06 bits per heavy atom. The van der Waals surface area contributed by atoms with Crippen LogP contribution in [0.2, 0.25) is 0 Å². The Morgan fingerprint density at radius 2 is 1.59 bits per heavy atom. The van der Waals surface area contributed by atoms with E-state index in [1.54, 1.807) is 30.3 Å². The number of amides is 1. The molecule has 17 heavy (non-hydrogen) atoms. The zero-order valence-corrected chi connectivity index (χ0v) is 12.2. The van der Waals surface area contributed by atoms with Crippen LogP contribution in [0.25, 0.3) is 0 Å². The number of nitrogens with one attached hydrogen (secondary N) is 1.